The van der Waals surface area contributed by atoms with Crippen LogP contribution in [-0.4, -0.2) is 72.6 Å². The van der Waals surface area contributed by atoms with E-state index in [1.54, 1.807) is 23.3 Å². The standard InChI is InChI=1S/C24H22F2N8O2/c25-15-3-4-16(18(26)14-15)23(35)33-11-8-31(9-12-33)7-10-32-6-5-17-21(32)29-24(27)34-22(17)28-20(30-34)19-2-1-13-36-19/h1-6,13-14H,7-12H2,(H2,27,29). The Morgan fingerprint density at radius 3 is 2.61 bits per heavy atom. The van der Waals surface area contributed by atoms with Gasteiger partial charge in [0.2, 0.25) is 11.8 Å². The number of benzene rings is 1. The van der Waals surface area contributed by atoms with Crippen molar-refractivity contribution < 1.29 is 18.0 Å². The third kappa shape index (κ3) is 3.85. The molecule has 1 aromatic carbocycles. The van der Waals surface area contributed by atoms with E-state index in [9.17, 15) is 13.6 Å². The highest BCUT2D eigenvalue weighted by molar-refractivity contribution is 5.94. The van der Waals surface area contributed by atoms with Gasteiger partial charge in [0.15, 0.2) is 11.4 Å². The number of anilines is 1. The number of nitrogens with two attached hydrogens (primary N) is 1. The summed E-state index contributed by atoms with van der Waals surface area (Å²) >= 11 is 0. The van der Waals surface area contributed by atoms with Crippen LogP contribution in [0.3, 0.4) is 0 Å². The number of hydrogen-bond donors (Lipinski definition) is 1. The molecule has 184 valence electrons. The van der Waals surface area contributed by atoms with E-state index in [-0.39, 0.29) is 11.5 Å². The molecule has 0 saturated carbocycles. The molecule has 5 heterocycles. The first-order chi connectivity index (χ1) is 17.5. The topological polar surface area (TPSA) is 111 Å². The van der Waals surface area contributed by atoms with Gasteiger partial charge >= 0.3 is 0 Å². The minimum atomic E-state index is -0.841. The lowest BCUT2D eigenvalue weighted by atomic mass is 10.1. The fraction of sp³-hybridized carbons (Fsp3) is 0.250. The Bertz CT molecular complexity index is 1570. The SMILES string of the molecule is Nc1nc2c(ccn2CCN2CCN(C(=O)c3ccc(F)cc3F)CC2)c2nc(-c3ccco3)nn12. The highest BCUT2D eigenvalue weighted by Gasteiger charge is 2.24. The molecule has 0 spiro atoms. The number of carbonyl (C=O) groups is 1. The molecule has 0 radical (unpaired) electrons. The van der Waals surface area contributed by atoms with Gasteiger partial charge in [0.1, 0.15) is 17.3 Å². The lowest BCUT2D eigenvalue weighted by molar-refractivity contribution is 0.0629. The fourth-order valence-electron chi connectivity index (χ4n) is 4.51. The molecular weight excluding hydrogens is 470 g/mol. The van der Waals surface area contributed by atoms with Gasteiger partial charge in [0.05, 0.1) is 17.2 Å². The van der Waals surface area contributed by atoms with E-state index < -0.39 is 17.5 Å². The number of nitrogen functional groups attached to an aromatic ring is 1. The van der Waals surface area contributed by atoms with Crippen molar-refractivity contribution in [3.05, 3.63) is 66.1 Å². The second-order valence-electron chi connectivity index (χ2n) is 8.62. The molecule has 1 amide bonds. The van der Waals surface area contributed by atoms with Crippen LogP contribution in [0.25, 0.3) is 28.3 Å². The molecule has 0 bridgehead atoms. The third-order valence-corrected chi connectivity index (χ3v) is 6.44. The minimum absolute atomic E-state index is 0.109. The van der Waals surface area contributed by atoms with Gasteiger partial charge in [0.25, 0.3) is 5.91 Å². The van der Waals surface area contributed by atoms with Crippen molar-refractivity contribution in [1.29, 1.82) is 0 Å². The summed E-state index contributed by atoms with van der Waals surface area (Å²) in [6.07, 6.45) is 3.50. The van der Waals surface area contributed by atoms with Crippen LogP contribution in [0.2, 0.25) is 0 Å². The van der Waals surface area contributed by atoms with E-state index in [0.29, 0.717) is 55.6 Å². The number of amides is 1. The van der Waals surface area contributed by atoms with E-state index in [4.69, 9.17) is 10.2 Å². The number of furan rings is 1. The summed E-state index contributed by atoms with van der Waals surface area (Å²) < 4.78 is 36.1. The number of nitrogens with zero attached hydrogens (tertiary/aromatic N) is 7. The number of carbonyl (C=O) groups excluding carboxylic acids is 1. The van der Waals surface area contributed by atoms with Crippen molar-refractivity contribution in [3.63, 3.8) is 0 Å². The Balaban J connectivity index is 1.14. The van der Waals surface area contributed by atoms with Gasteiger partial charge in [-0.25, -0.2) is 13.8 Å². The number of hydrogen-bond acceptors (Lipinski definition) is 7. The Labute approximate surface area is 203 Å². The van der Waals surface area contributed by atoms with Crippen molar-refractivity contribution in [2.24, 2.45) is 0 Å². The second-order valence-corrected chi connectivity index (χ2v) is 8.62. The van der Waals surface area contributed by atoms with Gasteiger partial charge in [-0.2, -0.15) is 9.50 Å². The zero-order chi connectivity index (χ0) is 24.8. The highest BCUT2D eigenvalue weighted by Crippen LogP contribution is 2.24. The smallest absolute Gasteiger partial charge is 0.256 e. The highest BCUT2D eigenvalue weighted by atomic mass is 19.1. The van der Waals surface area contributed by atoms with Gasteiger partial charge in [-0.15, -0.1) is 5.10 Å². The van der Waals surface area contributed by atoms with Crippen LogP contribution >= 0.6 is 0 Å². The lowest BCUT2D eigenvalue weighted by Gasteiger charge is -2.34. The molecular formula is C24H22F2N8O2. The summed E-state index contributed by atoms with van der Waals surface area (Å²) in [5.74, 6) is -0.762. The van der Waals surface area contributed by atoms with E-state index in [0.717, 1.165) is 24.1 Å². The molecule has 36 heavy (non-hydrogen) atoms. The normalized spacial score (nSPS) is 14.8. The van der Waals surface area contributed by atoms with Crippen molar-refractivity contribution >= 4 is 28.5 Å². The number of halogens is 2. The molecule has 1 aliphatic heterocycles. The zero-order valence-electron chi connectivity index (χ0n) is 19.1. The van der Waals surface area contributed by atoms with Gasteiger partial charge in [-0.05, 0) is 30.3 Å². The van der Waals surface area contributed by atoms with E-state index >= 15 is 0 Å². The minimum Gasteiger partial charge on any atom is -0.461 e. The largest absolute Gasteiger partial charge is 0.461 e. The quantitative estimate of drug-likeness (QED) is 0.402. The van der Waals surface area contributed by atoms with Crippen LogP contribution in [0.1, 0.15) is 10.4 Å². The van der Waals surface area contributed by atoms with Crippen LogP contribution in [0.4, 0.5) is 14.7 Å². The second kappa shape index (κ2) is 8.72. The molecule has 2 N–H and O–H groups in total. The molecule has 0 unspecified atom stereocenters. The number of rotatable bonds is 5. The summed E-state index contributed by atoms with van der Waals surface area (Å²) in [5.41, 5.74) is 7.37. The Morgan fingerprint density at radius 1 is 1.03 bits per heavy atom. The first kappa shape index (κ1) is 22.2. The molecule has 1 aliphatic rings. The summed E-state index contributed by atoms with van der Waals surface area (Å²) in [5, 5.41) is 5.24. The molecule has 6 rings (SSSR count). The van der Waals surface area contributed by atoms with Gasteiger partial charge in [-0.1, -0.05) is 0 Å². The summed E-state index contributed by atoms with van der Waals surface area (Å²) in [6.45, 7) is 3.60. The maximum atomic E-state index is 14.0. The number of piperazine rings is 1. The maximum absolute atomic E-state index is 14.0. The van der Waals surface area contributed by atoms with Gasteiger partial charge in [-0.3, -0.25) is 9.69 Å². The lowest BCUT2D eigenvalue weighted by Crippen LogP contribution is -2.49. The predicted octanol–water partition coefficient (Wildman–Crippen LogP) is 2.66. The first-order valence-electron chi connectivity index (χ1n) is 11.5. The number of aromatic nitrogens is 5. The van der Waals surface area contributed by atoms with Crippen LogP contribution in [-0.2, 0) is 6.54 Å². The first-order valence-corrected chi connectivity index (χ1v) is 11.5. The number of fused-ring (bicyclic) bond motifs is 3. The molecule has 12 heteroatoms. The Morgan fingerprint density at radius 2 is 1.86 bits per heavy atom. The van der Waals surface area contributed by atoms with E-state index in [1.807, 2.05) is 16.8 Å². The Kier molecular flexibility index (Phi) is 5.37. The zero-order valence-corrected chi connectivity index (χ0v) is 19.1. The molecule has 1 saturated heterocycles. The molecule has 0 atom stereocenters. The molecule has 4 aromatic heterocycles. The predicted molar refractivity (Wildman–Crippen MR) is 127 cm³/mol. The summed E-state index contributed by atoms with van der Waals surface area (Å²) in [7, 11) is 0. The summed E-state index contributed by atoms with van der Waals surface area (Å²) in [4.78, 5) is 25.6. The van der Waals surface area contributed by atoms with Crippen LogP contribution < -0.4 is 5.73 Å². The van der Waals surface area contributed by atoms with Crippen LogP contribution in [0, 0.1) is 11.6 Å². The Hall–Kier alpha value is -4.32. The van der Waals surface area contributed by atoms with Crippen molar-refractivity contribution in [2.45, 2.75) is 6.54 Å². The van der Waals surface area contributed by atoms with Gasteiger partial charge in [0, 0.05) is 51.5 Å². The fourth-order valence-corrected chi connectivity index (χ4v) is 4.51. The maximum Gasteiger partial charge on any atom is 0.256 e. The molecule has 10 nitrogen and oxygen atoms in total. The summed E-state index contributed by atoms with van der Waals surface area (Å²) in [6, 6.07) is 8.51. The van der Waals surface area contributed by atoms with Crippen molar-refractivity contribution in [3.8, 4) is 11.6 Å². The van der Waals surface area contributed by atoms with E-state index in [1.165, 1.54) is 10.6 Å². The van der Waals surface area contributed by atoms with Crippen LogP contribution in [0.15, 0.2) is 53.3 Å². The van der Waals surface area contributed by atoms with Crippen molar-refractivity contribution in [1.82, 2.24) is 33.9 Å². The average molecular weight is 492 g/mol. The van der Waals surface area contributed by atoms with Crippen molar-refractivity contribution in [2.75, 3.05) is 38.5 Å². The van der Waals surface area contributed by atoms with Crippen LogP contribution in [0.5, 0.6) is 0 Å². The average Bonchev–Trinajstić information content (AvgIpc) is 3.62. The molecule has 5 aromatic rings. The van der Waals surface area contributed by atoms with Gasteiger partial charge < -0.3 is 19.6 Å². The third-order valence-electron chi connectivity index (χ3n) is 6.44. The monoisotopic (exact) mass is 492 g/mol. The molecule has 1 fully saturated rings. The van der Waals surface area contributed by atoms with E-state index in [2.05, 4.69) is 20.0 Å². The molecule has 0 aliphatic carbocycles.